The van der Waals surface area contributed by atoms with E-state index in [0.29, 0.717) is 19.3 Å². The van der Waals surface area contributed by atoms with E-state index < -0.39 is 6.10 Å². The number of unbranched alkanes of at least 4 members (excludes halogenated alkanes) is 20. The molecule has 0 fully saturated rings. The molecule has 6 nitrogen and oxygen atoms in total. The van der Waals surface area contributed by atoms with Crippen LogP contribution in [0.5, 0.6) is 0 Å². The molecule has 0 spiro atoms. The quantitative estimate of drug-likeness (QED) is 0.0261. The lowest BCUT2D eigenvalue weighted by Crippen LogP contribution is -2.30. The van der Waals surface area contributed by atoms with Gasteiger partial charge in [0, 0.05) is 19.3 Å². The molecule has 466 valence electrons. The zero-order valence-electron chi connectivity index (χ0n) is 53.4. The Morgan fingerprint density at radius 1 is 0.253 bits per heavy atom. The predicted molar refractivity (Wildman–Crippen MR) is 361 cm³/mol. The summed E-state index contributed by atoms with van der Waals surface area (Å²) in [5.74, 6) is -1.02. The minimum atomic E-state index is -0.826. The van der Waals surface area contributed by atoms with Crippen LogP contribution in [0.1, 0.15) is 278 Å². The zero-order valence-corrected chi connectivity index (χ0v) is 53.4. The SMILES string of the molecule is CC/C=C\C/C=C\C/C=C\C/C=C\C/C=C\C/C=C\C/C=C\C/C=C\CCCCCCCCC(=O)OCC(COC(=O)CC/C=C\C/C=C\C/C=C\C/C=C\CC)OC(=O)CCCCCCCCCCC/C=C\C/C=C\CCCCCCC. The van der Waals surface area contributed by atoms with Gasteiger partial charge < -0.3 is 14.2 Å². The van der Waals surface area contributed by atoms with Crippen molar-refractivity contribution in [3.05, 3.63) is 170 Å². The van der Waals surface area contributed by atoms with Gasteiger partial charge in [-0.2, -0.15) is 0 Å². The molecule has 0 aliphatic rings. The third kappa shape index (κ3) is 67.4. The average Bonchev–Trinajstić information content (AvgIpc) is 3.49. The van der Waals surface area contributed by atoms with E-state index in [1.807, 2.05) is 6.08 Å². The third-order valence-corrected chi connectivity index (χ3v) is 13.7. The van der Waals surface area contributed by atoms with E-state index in [0.717, 1.165) is 135 Å². The molecule has 0 heterocycles. The van der Waals surface area contributed by atoms with Crippen LogP contribution in [0.15, 0.2) is 170 Å². The van der Waals surface area contributed by atoms with Crippen LogP contribution in [0.25, 0.3) is 0 Å². The van der Waals surface area contributed by atoms with Crippen LogP contribution < -0.4 is 0 Å². The Balaban J connectivity index is 4.41. The first-order valence-corrected chi connectivity index (χ1v) is 33.6. The molecule has 0 amide bonds. The second-order valence-corrected chi connectivity index (χ2v) is 21.6. The Bertz CT molecular complexity index is 1890. The van der Waals surface area contributed by atoms with Gasteiger partial charge >= 0.3 is 17.9 Å². The number of carbonyl (C=O) groups excluding carboxylic acids is 3. The molecule has 83 heavy (non-hydrogen) atoms. The second-order valence-electron chi connectivity index (χ2n) is 21.6. The summed E-state index contributed by atoms with van der Waals surface area (Å²) in [6.45, 7) is 6.32. The van der Waals surface area contributed by atoms with Gasteiger partial charge in [-0.25, -0.2) is 0 Å². The Hall–Kier alpha value is -5.23. The molecule has 0 radical (unpaired) electrons. The first kappa shape index (κ1) is 77.8. The molecule has 1 unspecified atom stereocenters. The number of carbonyl (C=O) groups is 3. The van der Waals surface area contributed by atoms with E-state index >= 15 is 0 Å². The first-order valence-electron chi connectivity index (χ1n) is 33.6. The minimum Gasteiger partial charge on any atom is -0.462 e. The van der Waals surface area contributed by atoms with Gasteiger partial charge in [-0.3, -0.25) is 14.4 Å². The zero-order chi connectivity index (χ0) is 59.9. The normalized spacial score (nSPS) is 13.2. The Labute approximate surface area is 511 Å². The van der Waals surface area contributed by atoms with Crippen LogP contribution in [0.2, 0.25) is 0 Å². The van der Waals surface area contributed by atoms with E-state index in [4.69, 9.17) is 14.2 Å². The molecular formula is C77H122O6. The Morgan fingerprint density at radius 2 is 0.494 bits per heavy atom. The summed E-state index contributed by atoms with van der Waals surface area (Å²) in [5, 5.41) is 0. The van der Waals surface area contributed by atoms with Crippen molar-refractivity contribution >= 4 is 17.9 Å². The lowest BCUT2D eigenvalue weighted by atomic mass is 10.1. The van der Waals surface area contributed by atoms with Crippen LogP contribution in [0.3, 0.4) is 0 Å². The van der Waals surface area contributed by atoms with E-state index in [-0.39, 0.29) is 37.5 Å². The maximum atomic E-state index is 12.9. The van der Waals surface area contributed by atoms with Gasteiger partial charge in [0.25, 0.3) is 0 Å². The number of hydrogen-bond acceptors (Lipinski definition) is 6. The van der Waals surface area contributed by atoms with E-state index in [2.05, 4.69) is 185 Å². The lowest BCUT2D eigenvalue weighted by molar-refractivity contribution is -0.166. The van der Waals surface area contributed by atoms with Crippen LogP contribution >= 0.6 is 0 Å². The molecule has 0 aromatic carbocycles. The first-order chi connectivity index (χ1) is 41.0. The van der Waals surface area contributed by atoms with Crippen molar-refractivity contribution in [3.63, 3.8) is 0 Å². The van der Waals surface area contributed by atoms with Crippen molar-refractivity contribution in [3.8, 4) is 0 Å². The topological polar surface area (TPSA) is 78.9 Å². The maximum absolute atomic E-state index is 12.9. The van der Waals surface area contributed by atoms with Crippen molar-refractivity contribution < 1.29 is 28.6 Å². The van der Waals surface area contributed by atoms with Crippen molar-refractivity contribution in [1.82, 2.24) is 0 Å². The lowest BCUT2D eigenvalue weighted by Gasteiger charge is -2.18. The summed E-state index contributed by atoms with van der Waals surface area (Å²) < 4.78 is 16.8. The monoisotopic (exact) mass is 1140 g/mol. The molecule has 1 atom stereocenters. The molecule has 0 saturated heterocycles. The van der Waals surface area contributed by atoms with E-state index in [9.17, 15) is 14.4 Å². The fourth-order valence-electron chi connectivity index (χ4n) is 8.74. The van der Waals surface area contributed by atoms with Crippen molar-refractivity contribution in [2.75, 3.05) is 13.2 Å². The van der Waals surface area contributed by atoms with Crippen molar-refractivity contribution in [1.29, 1.82) is 0 Å². The summed E-state index contributed by atoms with van der Waals surface area (Å²) in [5.41, 5.74) is 0. The molecule has 0 aromatic heterocycles. The van der Waals surface area contributed by atoms with E-state index in [1.165, 1.54) is 96.3 Å². The standard InChI is InChI=1S/C77H122O6/c1-4-7-10-13-16-19-22-25-27-29-31-33-34-35-36-37-38-39-40-41-42-44-45-47-49-52-55-58-61-64-67-70-76(79)82-73-74(72-81-75(78)69-66-63-60-57-54-51-24-21-18-15-12-9-6-3)83-77(80)71-68-65-62-59-56-53-50-48-46-43-32-30-28-26-23-20-17-14-11-8-5-2/h7,9-10,12,16,18-19,21,23,25-27,30-33,35-36,38-39,41-42,45,47,51,54,60,63,74H,4-6,8,11,13-15,17,20,22,24,28-29,34,37,40,43-44,46,48-50,52-53,55-59,61-62,64-73H2,1-3H3/b10-7-,12-9-,19-16-,21-18-,26-23-,27-25-,32-30-,33-31-,36-35-,39-38-,42-41-,47-45-,54-51-,63-60-. The molecule has 0 bridgehead atoms. The highest BCUT2D eigenvalue weighted by atomic mass is 16.6. The van der Waals surface area contributed by atoms with Crippen LogP contribution in [-0.2, 0) is 28.6 Å². The van der Waals surface area contributed by atoms with Gasteiger partial charge in [-0.1, -0.05) is 287 Å². The Kier molecular flexibility index (Phi) is 64.9. The smallest absolute Gasteiger partial charge is 0.306 e. The number of ether oxygens (including phenoxy) is 3. The molecular weight excluding hydrogens is 1020 g/mol. The van der Waals surface area contributed by atoms with Crippen LogP contribution in [-0.4, -0.2) is 37.2 Å². The molecule has 0 N–H and O–H groups in total. The number of rotatable bonds is 59. The Morgan fingerprint density at radius 3 is 0.807 bits per heavy atom. The molecule has 0 aromatic rings. The van der Waals surface area contributed by atoms with Gasteiger partial charge in [0.1, 0.15) is 13.2 Å². The minimum absolute atomic E-state index is 0.117. The largest absolute Gasteiger partial charge is 0.462 e. The molecule has 0 rings (SSSR count). The number of allylic oxidation sites excluding steroid dienone is 28. The van der Waals surface area contributed by atoms with Crippen molar-refractivity contribution in [2.45, 2.75) is 284 Å². The summed E-state index contributed by atoms with van der Waals surface area (Å²) >= 11 is 0. The van der Waals surface area contributed by atoms with Gasteiger partial charge in [0.05, 0.1) is 0 Å². The van der Waals surface area contributed by atoms with Gasteiger partial charge in [0.2, 0.25) is 0 Å². The highest BCUT2D eigenvalue weighted by Crippen LogP contribution is 2.15. The highest BCUT2D eigenvalue weighted by molar-refractivity contribution is 5.71. The van der Waals surface area contributed by atoms with Gasteiger partial charge in [-0.05, 0) is 141 Å². The predicted octanol–water partition coefficient (Wildman–Crippen LogP) is 23.4. The highest BCUT2D eigenvalue weighted by Gasteiger charge is 2.19. The van der Waals surface area contributed by atoms with Crippen molar-refractivity contribution in [2.24, 2.45) is 0 Å². The number of hydrogen-bond donors (Lipinski definition) is 0. The second kappa shape index (κ2) is 69.3. The van der Waals surface area contributed by atoms with Crippen LogP contribution in [0.4, 0.5) is 0 Å². The third-order valence-electron chi connectivity index (χ3n) is 13.7. The van der Waals surface area contributed by atoms with Crippen LogP contribution in [0, 0.1) is 0 Å². The summed E-state index contributed by atoms with van der Waals surface area (Å²) in [6, 6.07) is 0. The van der Waals surface area contributed by atoms with E-state index in [1.54, 1.807) is 0 Å². The maximum Gasteiger partial charge on any atom is 0.306 e. The summed E-state index contributed by atoms with van der Waals surface area (Å²) in [4.78, 5) is 38.3. The molecule has 6 heteroatoms. The fourth-order valence-corrected chi connectivity index (χ4v) is 8.74. The fraction of sp³-hybridized carbons (Fsp3) is 0.597. The summed E-state index contributed by atoms with van der Waals surface area (Å²) in [7, 11) is 0. The number of esters is 3. The average molecular weight is 1140 g/mol. The molecule has 0 saturated carbocycles. The van der Waals surface area contributed by atoms with Gasteiger partial charge in [-0.15, -0.1) is 0 Å². The van der Waals surface area contributed by atoms with Gasteiger partial charge in [0.15, 0.2) is 6.10 Å². The molecule has 0 aliphatic carbocycles. The summed E-state index contributed by atoms with van der Waals surface area (Å²) in [6.07, 6.45) is 102. The molecule has 0 aliphatic heterocycles.